The Morgan fingerprint density at radius 3 is 0.745 bits per heavy atom. The van der Waals surface area contributed by atoms with Gasteiger partial charge < -0.3 is 33.8 Å². The highest BCUT2D eigenvalue weighted by Crippen LogP contribution is 2.45. The molecular weight excluding hydrogens is 1430 g/mol. The van der Waals surface area contributed by atoms with E-state index in [9.17, 15) is 43.2 Å². The maximum absolute atomic E-state index is 13.1. The zero-order valence-corrected chi connectivity index (χ0v) is 69.4. The molecule has 110 heavy (non-hydrogen) atoms. The summed E-state index contributed by atoms with van der Waals surface area (Å²) in [7, 11) is -10.1. The van der Waals surface area contributed by atoms with Gasteiger partial charge in [-0.15, -0.1) is 0 Å². The number of aliphatic hydroxyl groups is 1. The van der Waals surface area contributed by atoms with Gasteiger partial charge in [0.05, 0.1) is 26.4 Å². The fourth-order valence-electron chi connectivity index (χ4n) is 9.69. The minimum Gasteiger partial charge on any atom is -0.462 e. The Morgan fingerprint density at radius 2 is 0.482 bits per heavy atom. The highest BCUT2D eigenvalue weighted by atomic mass is 31.2. The Bertz CT molecular complexity index is 2950. The van der Waals surface area contributed by atoms with Crippen LogP contribution in [0.15, 0.2) is 219 Å². The number of ether oxygens (including phenoxy) is 4. The molecule has 2 unspecified atom stereocenters. The number of carbonyl (C=O) groups excluding carboxylic acids is 4. The summed E-state index contributed by atoms with van der Waals surface area (Å²) < 4.78 is 68.4. The number of esters is 4. The molecule has 0 amide bonds. The van der Waals surface area contributed by atoms with Gasteiger partial charge in [0.15, 0.2) is 12.2 Å². The summed E-state index contributed by atoms with van der Waals surface area (Å²) >= 11 is 0. The van der Waals surface area contributed by atoms with Gasteiger partial charge in [-0.1, -0.05) is 285 Å². The molecule has 0 aromatic rings. The van der Waals surface area contributed by atoms with Gasteiger partial charge >= 0.3 is 39.5 Å². The van der Waals surface area contributed by atoms with Crippen LogP contribution in [0.25, 0.3) is 0 Å². The van der Waals surface area contributed by atoms with Crippen LogP contribution in [0.4, 0.5) is 0 Å². The standard InChI is InChI=1S/C91H142O17P2/c1-5-9-13-17-21-25-29-33-37-41-42-46-50-54-58-62-66-70-74-78-91(96)108-87(82-102-89(94)76-72-68-64-60-56-52-48-44-39-35-31-27-23-19-15-11-7-3)84-106-110(99,100)104-80-85(92)79-103-109(97,98)105-83-86(107-90(95)77-73-69-65-61-57-53-49-45-40-36-32-28-24-20-16-12-8-4)81-101-88(93)75-71-67-63-59-55-51-47-43-38-34-30-26-22-18-14-10-6-2/h9,13,21-28,33-40,42,46-49,51-54,58-61,63-66,70,85-87,92H,5-8,10-12,14-20,29-32,41,43-45,50,55-57,62,67-69,71-84H2,1-4H3,(H,97,98)(H,99,100)/b13-9-,25-21-,26-22-,27-23-,28-24-,37-33-,38-34-,39-35-,40-36-,46-42-,51-47-,52-48-,53-49-,58-54-,63-59-,64-60-,65-61-,70-66-/t85-,86+,87+/m0/s1. The molecule has 0 saturated heterocycles. The lowest BCUT2D eigenvalue weighted by Gasteiger charge is -2.21. The zero-order valence-electron chi connectivity index (χ0n) is 67.6. The molecule has 0 heterocycles. The molecule has 0 radical (unpaired) electrons. The Labute approximate surface area is 664 Å². The SMILES string of the molecule is CC/C=C\C/C=C\C/C=C\C/C=C\C/C=C\C/C=C\CCC(=O)O[C@H](COC(=O)CCC/C=C\C/C=C\C/C=C\C/C=C\CCCCC)COP(=O)(O)OC[C@@H](O)COP(=O)(O)OC[C@@H](COC(=O)CCC/C=C\C/C=C\C/C=C\C/C=C\CCCCC)OC(=O)CCC/C=C\C/C=C\C/C=C\C/C=C\CCCCC. The monoisotopic (exact) mass is 1570 g/mol. The smallest absolute Gasteiger partial charge is 0.462 e. The van der Waals surface area contributed by atoms with Crippen LogP contribution in [-0.4, -0.2) is 96.7 Å². The molecule has 0 rings (SSSR count). The first kappa shape index (κ1) is 103. The molecule has 5 atom stereocenters. The second kappa shape index (κ2) is 80.4. The van der Waals surface area contributed by atoms with E-state index in [0.717, 1.165) is 109 Å². The largest absolute Gasteiger partial charge is 0.472 e. The van der Waals surface area contributed by atoms with Crippen molar-refractivity contribution in [3.05, 3.63) is 219 Å². The summed E-state index contributed by atoms with van der Waals surface area (Å²) in [4.78, 5) is 73.1. The number of allylic oxidation sites excluding steroid dienone is 36. The van der Waals surface area contributed by atoms with Crippen molar-refractivity contribution in [2.75, 3.05) is 39.6 Å². The highest BCUT2D eigenvalue weighted by Gasteiger charge is 2.30. The number of carbonyl (C=O) groups is 4. The molecule has 0 aliphatic rings. The average Bonchev–Trinajstić information content (AvgIpc) is 0.900. The van der Waals surface area contributed by atoms with E-state index in [1.807, 2.05) is 54.7 Å². The Kier molecular flexibility index (Phi) is 75.6. The van der Waals surface area contributed by atoms with E-state index in [-0.39, 0.29) is 25.7 Å². The van der Waals surface area contributed by atoms with Gasteiger partial charge in [-0.05, 0) is 180 Å². The minimum atomic E-state index is -5.03. The molecule has 3 N–H and O–H groups in total. The van der Waals surface area contributed by atoms with Crippen molar-refractivity contribution in [2.24, 2.45) is 0 Å². The van der Waals surface area contributed by atoms with Crippen LogP contribution in [0.5, 0.6) is 0 Å². The average molecular weight is 1570 g/mol. The van der Waals surface area contributed by atoms with Crippen LogP contribution in [0.1, 0.15) is 272 Å². The summed E-state index contributed by atoms with van der Waals surface area (Å²) in [5, 5.41) is 10.7. The molecule has 0 spiro atoms. The summed E-state index contributed by atoms with van der Waals surface area (Å²) in [5.74, 6) is -2.50. The molecule has 17 nitrogen and oxygen atoms in total. The first-order chi connectivity index (χ1) is 53.7. The quantitative estimate of drug-likeness (QED) is 0.0169. The van der Waals surface area contributed by atoms with Crippen molar-refractivity contribution in [2.45, 2.75) is 290 Å². The van der Waals surface area contributed by atoms with Crippen LogP contribution in [0.2, 0.25) is 0 Å². The van der Waals surface area contributed by atoms with Crippen molar-refractivity contribution in [1.82, 2.24) is 0 Å². The predicted octanol–water partition coefficient (Wildman–Crippen LogP) is 24.4. The van der Waals surface area contributed by atoms with E-state index in [1.54, 1.807) is 0 Å². The number of phosphoric acid groups is 2. The number of phosphoric ester groups is 2. The number of hydrogen-bond acceptors (Lipinski definition) is 15. The van der Waals surface area contributed by atoms with E-state index in [4.69, 9.17) is 37.0 Å². The van der Waals surface area contributed by atoms with Gasteiger partial charge in [-0.3, -0.25) is 37.3 Å². The van der Waals surface area contributed by atoms with Gasteiger partial charge in [0.2, 0.25) is 0 Å². The van der Waals surface area contributed by atoms with Crippen LogP contribution < -0.4 is 0 Å². The topological polar surface area (TPSA) is 237 Å². The van der Waals surface area contributed by atoms with Crippen molar-refractivity contribution in [3.8, 4) is 0 Å². The van der Waals surface area contributed by atoms with Crippen LogP contribution in [0, 0.1) is 0 Å². The lowest BCUT2D eigenvalue weighted by Crippen LogP contribution is -2.30. The molecule has 0 fully saturated rings. The van der Waals surface area contributed by atoms with E-state index < -0.39 is 97.5 Å². The zero-order chi connectivity index (χ0) is 80.3. The third-order valence-corrected chi connectivity index (χ3v) is 17.8. The van der Waals surface area contributed by atoms with Gasteiger partial charge in [-0.2, -0.15) is 0 Å². The van der Waals surface area contributed by atoms with E-state index >= 15 is 0 Å². The first-order valence-electron chi connectivity index (χ1n) is 41.0. The molecule has 0 aliphatic carbocycles. The van der Waals surface area contributed by atoms with Gasteiger partial charge in [-0.25, -0.2) is 9.13 Å². The molecule has 19 heteroatoms. The molecule has 618 valence electrons. The number of unbranched alkanes of at least 4 members (excludes halogenated alkanes) is 12. The summed E-state index contributed by atoms with van der Waals surface area (Å²) in [5.41, 5.74) is 0. The Hall–Kier alpha value is -6.62. The maximum atomic E-state index is 13.1. The highest BCUT2D eigenvalue weighted by molar-refractivity contribution is 7.47. The third kappa shape index (κ3) is 79.5. The summed E-state index contributed by atoms with van der Waals surface area (Å²) in [6.07, 6.45) is 102. The fourth-order valence-corrected chi connectivity index (χ4v) is 11.3. The molecule has 0 aromatic heterocycles. The van der Waals surface area contributed by atoms with Crippen LogP contribution >= 0.6 is 15.6 Å². The fraction of sp³-hybridized carbons (Fsp3) is 0.560. The van der Waals surface area contributed by atoms with Gasteiger partial charge in [0, 0.05) is 25.7 Å². The number of hydrogen-bond donors (Lipinski definition) is 3. The molecule has 0 bridgehead atoms. The first-order valence-corrected chi connectivity index (χ1v) is 44.0. The lowest BCUT2D eigenvalue weighted by molar-refractivity contribution is -0.161. The molecule has 0 aliphatic heterocycles. The van der Waals surface area contributed by atoms with Crippen molar-refractivity contribution < 1.29 is 80.2 Å². The minimum absolute atomic E-state index is 0.00525. The second-order valence-electron chi connectivity index (χ2n) is 26.3. The lowest BCUT2D eigenvalue weighted by atomic mass is 10.2. The second-order valence-corrected chi connectivity index (χ2v) is 29.2. The van der Waals surface area contributed by atoms with Gasteiger partial charge in [0.25, 0.3) is 0 Å². The van der Waals surface area contributed by atoms with Crippen LogP contribution in [0.3, 0.4) is 0 Å². The van der Waals surface area contributed by atoms with Crippen molar-refractivity contribution >= 4 is 39.5 Å². The summed E-state index contributed by atoms with van der Waals surface area (Å²) in [6, 6.07) is 0. The van der Waals surface area contributed by atoms with Crippen LogP contribution in [-0.2, 0) is 65.4 Å². The van der Waals surface area contributed by atoms with Crippen molar-refractivity contribution in [3.63, 3.8) is 0 Å². The molecule has 0 aromatic carbocycles. The number of aliphatic hydroxyl groups excluding tert-OH is 1. The molecular formula is C91H142O17P2. The normalized spacial score (nSPS) is 14.9. The van der Waals surface area contributed by atoms with E-state index in [2.05, 4.69) is 192 Å². The molecule has 0 saturated carbocycles. The Morgan fingerprint density at radius 1 is 0.264 bits per heavy atom. The van der Waals surface area contributed by atoms with E-state index in [0.29, 0.717) is 51.4 Å². The number of rotatable bonds is 74. The van der Waals surface area contributed by atoms with Crippen molar-refractivity contribution in [1.29, 1.82) is 0 Å². The van der Waals surface area contributed by atoms with E-state index in [1.165, 1.54) is 57.8 Å². The Balaban J connectivity index is 5.63. The third-order valence-electron chi connectivity index (χ3n) is 15.9. The predicted molar refractivity (Wildman–Crippen MR) is 454 cm³/mol. The maximum Gasteiger partial charge on any atom is 0.472 e. The summed E-state index contributed by atoms with van der Waals surface area (Å²) in [6.45, 7) is 4.36. The van der Waals surface area contributed by atoms with Gasteiger partial charge in [0.1, 0.15) is 19.3 Å².